The Morgan fingerprint density at radius 2 is 1.58 bits per heavy atom. The van der Waals surface area contributed by atoms with Gasteiger partial charge < -0.3 is 53.2 Å². The number of Topliss-reactive ketones (excluding diaryl/α,β-unsaturated/α-hetero) is 1. The first-order valence-corrected chi connectivity index (χ1v) is 23.6. The number of ether oxygens (including phenoxy) is 8. The summed E-state index contributed by atoms with van der Waals surface area (Å²) in [6, 6.07) is 10.1. The highest BCUT2D eigenvalue weighted by atomic mass is 16.7. The zero-order valence-corrected chi connectivity index (χ0v) is 38.9. The van der Waals surface area contributed by atoms with Crippen LogP contribution in [-0.2, 0) is 47.5 Å². The standard InChI is InChI=1S/C49H76N2O11/c1-11-31-18-15-19-39(62-41-21-20-38(51(6)7)28(4)58-41)26(2)44(53)37-24-34-33-22-32(61-49-48(57-10)47(56-9)46(55-8)29(5)59-49)23-36(33)43(50-27(3)30-16-13-12-14-17-30)45(54)42(34)35(37)25-40(52)60-31/h12-14,16-17,24,26-29,31-36,38-39,41-43,45-50,54H,11,15,18-23,25H2,1-10H3/t26-,27+,28?,29?,31+,32+,33+,34+,35-,36-,38+,39+,41+,42-,43+,45+,46+,47-,48?,49+/m1/s1. The summed E-state index contributed by atoms with van der Waals surface area (Å²) in [5.74, 6) is -1.84. The molecule has 3 heterocycles. The zero-order chi connectivity index (χ0) is 44.4. The van der Waals surface area contributed by atoms with Crippen LogP contribution in [0, 0.1) is 35.5 Å². The Hall–Kier alpha value is -2.30. The molecule has 5 fully saturated rings. The Balaban J connectivity index is 1.20. The van der Waals surface area contributed by atoms with E-state index in [9.17, 15) is 9.90 Å². The second-order valence-electron chi connectivity index (χ2n) is 19.4. The predicted molar refractivity (Wildman–Crippen MR) is 233 cm³/mol. The molecule has 20 atom stereocenters. The first-order chi connectivity index (χ1) is 29.8. The average molecular weight is 869 g/mol. The summed E-state index contributed by atoms with van der Waals surface area (Å²) < 4.78 is 50.4. The largest absolute Gasteiger partial charge is 0.462 e. The maximum atomic E-state index is 15.1. The first kappa shape index (κ1) is 47.7. The fourth-order valence-electron chi connectivity index (χ4n) is 12.4. The van der Waals surface area contributed by atoms with E-state index in [0.29, 0.717) is 43.7 Å². The number of likely N-dealkylation sites (N-methyl/N-ethyl adjacent to an activating group) is 1. The molecule has 6 aliphatic rings. The molecule has 348 valence electrons. The number of benzene rings is 1. The molecule has 1 aromatic carbocycles. The SMILES string of the molecule is CC[C@H]1CCC[C@H](O[C@H]2CC[C@H](N(C)C)C(C)O2)[C@@H](C)C(=O)C2=C[C@H]3[C@@H]4C[C@H](O[C@@H]5OC(C)[C@H](OC)[C@@H](OC)C5OC)C[C@H]4[C@H](N[C@@H](C)c4ccccc4)[C@@H](O)[C@H]3[C@@H]2CC(=O)O1. The number of ketones is 1. The van der Waals surface area contributed by atoms with Gasteiger partial charge in [0.05, 0.1) is 36.9 Å². The number of carbonyl (C=O) groups excluding carboxylic acids is 2. The molecule has 2 N–H and O–H groups in total. The van der Waals surface area contributed by atoms with Crippen molar-refractivity contribution in [2.45, 2.75) is 178 Å². The van der Waals surface area contributed by atoms with Gasteiger partial charge in [0.1, 0.15) is 24.4 Å². The van der Waals surface area contributed by atoms with Gasteiger partial charge in [0.2, 0.25) is 0 Å². The molecule has 0 bridgehead atoms. The van der Waals surface area contributed by atoms with Crippen molar-refractivity contribution >= 4 is 11.8 Å². The Morgan fingerprint density at radius 3 is 2.24 bits per heavy atom. The van der Waals surface area contributed by atoms with E-state index >= 15 is 4.79 Å². The van der Waals surface area contributed by atoms with Crippen LogP contribution in [-0.4, -0.2) is 137 Å². The second-order valence-corrected chi connectivity index (χ2v) is 19.4. The minimum Gasteiger partial charge on any atom is -0.462 e. The van der Waals surface area contributed by atoms with Crippen LogP contribution in [0.25, 0.3) is 0 Å². The third-order valence-electron chi connectivity index (χ3n) is 15.6. The van der Waals surface area contributed by atoms with Gasteiger partial charge in [-0.25, -0.2) is 0 Å². The molecule has 3 saturated heterocycles. The minimum absolute atomic E-state index is 0.00385. The van der Waals surface area contributed by atoms with Gasteiger partial charge in [-0.05, 0) is 115 Å². The number of nitrogens with one attached hydrogen (secondary N) is 1. The quantitative estimate of drug-likeness (QED) is 0.237. The number of fused-ring (bicyclic) bond motifs is 5. The number of methoxy groups -OCH3 is 3. The molecule has 0 spiro atoms. The Morgan fingerprint density at radius 1 is 0.871 bits per heavy atom. The average Bonchev–Trinajstić information content (AvgIpc) is 3.85. The molecule has 13 nitrogen and oxygen atoms in total. The van der Waals surface area contributed by atoms with Crippen molar-refractivity contribution in [2.24, 2.45) is 35.5 Å². The smallest absolute Gasteiger partial charge is 0.306 e. The molecular formula is C49H76N2O11. The lowest BCUT2D eigenvalue weighted by Gasteiger charge is -2.48. The number of allylic oxidation sites excluding steroid dienone is 2. The summed E-state index contributed by atoms with van der Waals surface area (Å²) in [5.41, 5.74) is 1.73. The van der Waals surface area contributed by atoms with Crippen LogP contribution in [0.4, 0.5) is 0 Å². The van der Waals surface area contributed by atoms with E-state index in [1.807, 2.05) is 39.0 Å². The van der Waals surface area contributed by atoms with Crippen molar-refractivity contribution in [1.29, 1.82) is 0 Å². The third kappa shape index (κ3) is 9.93. The molecular weight excluding hydrogens is 793 g/mol. The number of esters is 1. The zero-order valence-electron chi connectivity index (χ0n) is 38.9. The Kier molecular flexibility index (Phi) is 16.1. The Labute approximate surface area is 370 Å². The van der Waals surface area contributed by atoms with Crippen molar-refractivity contribution in [3.63, 3.8) is 0 Å². The number of aliphatic hydroxyl groups excluding tert-OH is 1. The van der Waals surface area contributed by atoms with Crippen molar-refractivity contribution in [3.05, 3.63) is 47.5 Å². The third-order valence-corrected chi connectivity index (χ3v) is 15.6. The van der Waals surface area contributed by atoms with Crippen LogP contribution in [0.5, 0.6) is 0 Å². The van der Waals surface area contributed by atoms with Gasteiger partial charge in [0.15, 0.2) is 18.4 Å². The van der Waals surface area contributed by atoms with Gasteiger partial charge in [0.25, 0.3) is 0 Å². The van der Waals surface area contributed by atoms with E-state index in [1.165, 1.54) is 0 Å². The fraction of sp³-hybridized carbons (Fsp3) is 0.796. The van der Waals surface area contributed by atoms with E-state index in [-0.39, 0.29) is 90.6 Å². The highest BCUT2D eigenvalue weighted by Gasteiger charge is 2.60. The lowest BCUT2D eigenvalue weighted by molar-refractivity contribution is -0.314. The van der Waals surface area contributed by atoms with Gasteiger partial charge in [-0.3, -0.25) is 9.59 Å². The molecule has 2 saturated carbocycles. The molecule has 62 heavy (non-hydrogen) atoms. The molecule has 3 aliphatic carbocycles. The van der Waals surface area contributed by atoms with Gasteiger partial charge in [-0.1, -0.05) is 50.3 Å². The number of hydrogen-bond acceptors (Lipinski definition) is 13. The molecule has 0 radical (unpaired) electrons. The lowest BCUT2D eigenvalue weighted by atomic mass is 9.62. The van der Waals surface area contributed by atoms with Crippen LogP contribution < -0.4 is 5.32 Å². The van der Waals surface area contributed by atoms with Crippen LogP contribution >= 0.6 is 0 Å². The van der Waals surface area contributed by atoms with Crippen molar-refractivity contribution < 1.29 is 52.6 Å². The summed E-state index contributed by atoms with van der Waals surface area (Å²) in [6.45, 7) is 10.2. The lowest BCUT2D eigenvalue weighted by Crippen LogP contribution is -2.59. The summed E-state index contributed by atoms with van der Waals surface area (Å²) in [6.07, 6.45) is 3.62. The van der Waals surface area contributed by atoms with Crippen LogP contribution in [0.3, 0.4) is 0 Å². The fourth-order valence-corrected chi connectivity index (χ4v) is 12.4. The van der Waals surface area contributed by atoms with Gasteiger partial charge in [0, 0.05) is 57.2 Å². The second kappa shape index (κ2) is 20.9. The number of rotatable bonds is 12. The highest BCUT2D eigenvalue weighted by Crippen LogP contribution is 2.57. The minimum atomic E-state index is -0.859. The van der Waals surface area contributed by atoms with Gasteiger partial charge in [-0.2, -0.15) is 0 Å². The maximum absolute atomic E-state index is 15.1. The summed E-state index contributed by atoms with van der Waals surface area (Å²) in [7, 11) is 9.09. The van der Waals surface area contributed by atoms with E-state index < -0.39 is 42.7 Å². The number of nitrogens with zero attached hydrogens (tertiary/aromatic N) is 1. The van der Waals surface area contributed by atoms with E-state index in [1.54, 1.807) is 21.3 Å². The summed E-state index contributed by atoms with van der Waals surface area (Å²) >= 11 is 0. The Bertz CT molecular complexity index is 1660. The van der Waals surface area contributed by atoms with E-state index in [2.05, 4.69) is 56.4 Å². The molecule has 3 unspecified atom stereocenters. The number of aliphatic hydroxyl groups is 1. The molecule has 1 aromatic rings. The van der Waals surface area contributed by atoms with Gasteiger partial charge >= 0.3 is 5.97 Å². The summed E-state index contributed by atoms with van der Waals surface area (Å²) in [5, 5.41) is 16.7. The molecule has 0 amide bonds. The molecule has 7 rings (SSSR count). The number of carbonyl (C=O) groups is 2. The predicted octanol–water partition coefficient (Wildman–Crippen LogP) is 6.01. The normalized spacial score (nSPS) is 43.4. The van der Waals surface area contributed by atoms with Crippen molar-refractivity contribution in [1.82, 2.24) is 10.2 Å². The topological polar surface area (TPSA) is 143 Å². The van der Waals surface area contributed by atoms with Crippen molar-refractivity contribution in [3.8, 4) is 0 Å². The van der Waals surface area contributed by atoms with Gasteiger partial charge in [-0.15, -0.1) is 0 Å². The van der Waals surface area contributed by atoms with Crippen LogP contribution in [0.1, 0.15) is 104 Å². The molecule has 0 aromatic heterocycles. The van der Waals surface area contributed by atoms with Crippen LogP contribution in [0.2, 0.25) is 0 Å². The highest BCUT2D eigenvalue weighted by molar-refractivity contribution is 5.99. The van der Waals surface area contributed by atoms with Crippen LogP contribution in [0.15, 0.2) is 42.0 Å². The van der Waals surface area contributed by atoms with E-state index in [0.717, 1.165) is 24.8 Å². The molecule has 3 aliphatic heterocycles. The monoisotopic (exact) mass is 869 g/mol. The molecule has 13 heteroatoms. The summed E-state index contributed by atoms with van der Waals surface area (Å²) in [4.78, 5) is 31.3. The number of cyclic esters (lactones) is 1. The number of hydrogen-bond donors (Lipinski definition) is 2. The van der Waals surface area contributed by atoms with E-state index in [4.69, 9.17) is 37.9 Å². The first-order valence-electron chi connectivity index (χ1n) is 23.6. The van der Waals surface area contributed by atoms with Crippen molar-refractivity contribution in [2.75, 3.05) is 35.4 Å². The maximum Gasteiger partial charge on any atom is 0.306 e.